The zero-order valence-electron chi connectivity index (χ0n) is 55.6. The molecule has 7 heterocycles. The van der Waals surface area contributed by atoms with E-state index < -0.39 is 0 Å². The van der Waals surface area contributed by atoms with Crippen LogP contribution in [-0.4, -0.2) is 9.13 Å². The first-order valence-corrected chi connectivity index (χ1v) is 34.9. The highest BCUT2D eigenvalue weighted by molar-refractivity contribution is 6.23. The number of para-hydroxylation sites is 16. The second-order valence-corrected chi connectivity index (χ2v) is 27.2. The van der Waals surface area contributed by atoms with Gasteiger partial charge < -0.3 is 38.5 Å². The Balaban J connectivity index is 0.0000000989. The third-order valence-corrected chi connectivity index (χ3v) is 21.5. The molecule has 0 bridgehead atoms. The molecular formula is C93H64N8. The van der Waals surface area contributed by atoms with Crippen molar-refractivity contribution in [2.24, 2.45) is 0 Å². The van der Waals surface area contributed by atoms with Gasteiger partial charge in [0.05, 0.1) is 107 Å². The Morgan fingerprint density at radius 1 is 0.198 bits per heavy atom. The molecule has 0 spiro atoms. The van der Waals surface area contributed by atoms with Crippen LogP contribution in [-0.2, 0) is 5.41 Å². The number of rotatable bonds is 5. The number of hydrogen-bond donors (Lipinski definition) is 0. The fourth-order valence-electron chi connectivity index (χ4n) is 17.4. The van der Waals surface area contributed by atoms with Crippen molar-refractivity contribution in [3.63, 3.8) is 0 Å². The van der Waals surface area contributed by atoms with Crippen LogP contribution in [0, 0.1) is 0 Å². The molecule has 6 aliphatic rings. The van der Waals surface area contributed by atoms with Crippen LogP contribution >= 0.6 is 0 Å². The maximum absolute atomic E-state index is 2.50. The van der Waals surface area contributed by atoms with Gasteiger partial charge in [0.25, 0.3) is 0 Å². The van der Waals surface area contributed by atoms with Crippen LogP contribution in [0.5, 0.6) is 0 Å². The van der Waals surface area contributed by atoms with E-state index in [1.807, 2.05) is 0 Å². The number of nitrogens with zero attached hydrogens (tertiary/aromatic N) is 8. The fourth-order valence-corrected chi connectivity index (χ4v) is 17.4. The normalized spacial score (nSPS) is 13.8. The number of anilines is 18. The topological polar surface area (TPSA) is 29.3 Å². The summed E-state index contributed by atoms with van der Waals surface area (Å²) in [4.78, 5) is 14.4. The Bertz CT molecular complexity index is 5990. The lowest BCUT2D eigenvalue weighted by Gasteiger charge is -2.46. The first-order chi connectivity index (χ1) is 50.0. The Morgan fingerprint density at radius 3 is 0.931 bits per heavy atom. The molecule has 15 aromatic carbocycles. The average molecular weight is 1290 g/mol. The summed E-state index contributed by atoms with van der Waals surface area (Å²) < 4.78 is 4.99. The number of benzene rings is 15. The Labute approximate surface area is 585 Å². The Hall–Kier alpha value is -13.3. The Kier molecular flexibility index (Phi) is 12.3. The quantitative estimate of drug-likeness (QED) is 0.171. The van der Waals surface area contributed by atoms with Gasteiger partial charge in [-0.25, -0.2) is 0 Å². The first-order valence-electron chi connectivity index (χ1n) is 34.9. The summed E-state index contributed by atoms with van der Waals surface area (Å²) in [5.74, 6) is 0. The highest BCUT2D eigenvalue weighted by Crippen LogP contribution is 2.64. The van der Waals surface area contributed by atoms with Crippen molar-refractivity contribution in [3.8, 4) is 22.5 Å². The predicted octanol–water partition coefficient (Wildman–Crippen LogP) is 25.9. The summed E-state index contributed by atoms with van der Waals surface area (Å²) >= 11 is 0. The molecule has 101 heavy (non-hydrogen) atoms. The van der Waals surface area contributed by atoms with Crippen molar-refractivity contribution in [3.05, 3.63) is 363 Å². The van der Waals surface area contributed by atoms with Gasteiger partial charge in [0.1, 0.15) is 0 Å². The summed E-state index contributed by atoms with van der Waals surface area (Å²) in [7, 11) is 0. The summed E-state index contributed by atoms with van der Waals surface area (Å²) in [6.45, 7) is 4.72. The SMILES string of the molecule is CC1(C)c2ccccc2-c2cc3c4cccc5c4n(c3cc21)-c1ccccc1N5c1ccccc1.c1ccc(N2c3cccc4c3-n3c5c2cccc5c2cccc(c23)N4c2ccccc2)cc1.c1ccc(N2c3ccccc3N3c4ccccc4N(c4ccccc4)c4cccc2c43)cc1. The van der Waals surface area contributed by atoms with E-state index in [0.717, 1.165) is 11.4 Å². The molecule has 1 aliphatic carbocycles. The van der Waals surface area contributed by atoms with E-state index in [0.29, 0.717) is 0 Å². The molecule has 0 amide bonds. The molecule has 17 aromatic rings. The van der Waals surface area contributed by atoms with Crippen LogP contribution < -0.4 is 29.4 Å². The van der Waals surface area contributed by atoms with Crippen LogP contribution in [0.15, 0.2) is 352 Å². The lowest BCUT2D eigenvalue weighted by molar-refractivity contribution is 0.661. The molecule has 0 saturated heterocycles. The molecule has 0 atom stereocenters. The van der Waals surface area contributed by atoms with Crippen LogP contribution in [0.2, 0.25) is 0 Å². The van der Waals surface area contributed by atoms with Gasteiger partial charge in [-0.1, -0.05) is 214 Å². The zero-order valence-corrected chi connectivity index (χ0v) is 55.6. The van der Waals surface area contributed by atoms with Gasteiger partial charge in [-0.05, 0) is 174 Å². The molecule has 5 aliphatic heterocycles. The van der Waals surface area contributed by atoms with Gasteiger partial charge in [-0.3, -0.25) is 0 Å². The van der Waals surface area contributed by atoms with E-state index in [1.54, 1.807) is 0 Å². The lowest BCUT2D eigenvalue weighted by atomic mass is 9.82. The minimum atomic E-state index is -0.0239. The van der Waals surface area contributed by atoms with Crippen LogP contribution in [0.1, 0.15) is 25.0 Å². The minimum absolute atomic E-state index is 0.0239. The smallest absolute Gasteiger partial charge is 0.0948 e. The first kappa shape index (κ1) is 56.8. The van der Waals surface area contributed by atoms with Gasteiger partial charge in [0, 0.05) is 55.4 Å². The third-order valence-electron chi connectivity index (χ3n) is 21.5. The molecule has 0 fully saturated rings. The van der Waals surface area contributed by atoms with E-state index in [1.165, 1.54) is 168 Å². The Morgan fingerprint density at radius 2 is 0.495 bits per heavy atom. The number of hydrogen-bond acceptors (Lipinski definition) is 6. The molecule has 0 radical (unpaired) electrons. The molecular weight excluding hydrogens is 1230 g/mol. The predicted molar refractivity (Wildman–Crippen MR) is 421 cm³/mol. The van der Waals surface area contributed by atoms with Crippen LogP contribution in [0.3, 0.4) is 0 Å². The number of aromatic nitrogens is 2. The summed E-state index contributed by atoms with van der Waals surface area (Å²) in [5.41, 5.74) is 34.5. The van der Waals surface area contributed by atoms with Gasteiger partial charge in [0.15, 0.2) is 0 Å². The molecule has 8 heteroatoms. The maximum Gasteiger partial charge on any atom is 0.0948 e. The van der Waals surface area contributed by atoms with E-state index in [4.69, 9.17) is 0 Å². The van der Waals surface area contributed by atoms with Crippen molar-refractivity contribution in [2.75, 3.05) is 29.4 Å². The van der Waals surface area contributed by atoms with E-state index in [-0.39, 0.29) is 5.41 Å². The molecule has 476 valence electrons. The molecule has 0 N–H and O–H groups in total. The largest absolute Gasteiger partial charge is 0.306 e. The van der Waals surface area contributed by atoms with E-state index >= 15 is 0 Å². The highest BCUT2D eigenvalue weighted by atomic mass is 15.3. The zero-order chi connectivity index (χ0) is 66.6. The van der Waals surface area contributed by atoms with Crippen LogP contribution in [0.25, 0.3) is 66.1 Å². The standard InChI is InChI=1S/C33H24N2.C30H19N3.C30H21N3/c1-33(2)26-15-7-6-13-22(26)24-19-25-23-14-10-18-30-32(23)35(31(25)20-27(24)33)29-17-9-8-16-28(29)34(30)21-11-4-3-5-12-21;1-3-10-20(11-4-1)31-24-16-7-14-22-23-15-8-17-25-29(23)33(28(22)24)30-26(31)18-9-19-27(30)32(25)21-12-5-2-6-13-21;1-3-12-22(13-4-1)31-24-16-7-9-18-26(24)33-27-19-10-8-17-25(27)32(23-14-5-2-6-15-23)29-21-11-20-28(31)30(29)33/h3-20H,1-2H3;1-19H;1-21H. The van der Waals surface area contributed by atoms with Crippen molar-refractivity contribution < 1.29 is 0 Å². The molecule has 23 rings (SSSR count). The summed E-state index contributed by atoms with van der Waals surface area (Å²) in [6.07, 6.45) is 0. The molecule has 0 unspecified atom stereocenters. The highest BCUT2D eigenvalue weighted by Gasteiger charge is 2.42. The van der Waals surface area contributed by atoms with E-state index in [9.17, 15) is 0 Å². The second-order valence-electron chi connectivity index (χ2n) is 27.2. The van der Waals surface area contributed by atoms with Crippen molar-refractivity contribution >= 4 is 146 Å². The van der Waals surface area contributed by atoms with Gasteiger partial charge >= 0.3 is 0 Å². The second kappa shape index (κ2) is 21.9. The third kappa shape index (κ3) is 8.12. The van der Waals surface area contributed by atoms with Crippen molar-refractivity contribution in [2.45, 2.75) is 19.3 Å². The fraction of sp³-hybridized carbons (Fsp3) is 0.0323. The summed E-state index contributed by atoms with van der Waals surface area (Å²) in [5, 5.41) is 5.21. The van der Waals surface area contributed by atoms with E-state index in [2.05, 4.69) is 404 Å². The van der Waals surface area contributed by atoms with Gasteiger partial charge in [-0.2, -0.15) is 0 Å². The number of fused-ring (bicyclic) bond motifs is 13. The lowest BCUT2D eigenvalue weighted by Crippen LogP contribution is -2.30. The van der Waals surface area contributed by atoms with Gasteiger partial charge in [0.2, 0.25) is 0 Å². The van der Waals surface area contributed by atoms with Gasteiger partial charge in [-0.15, -0.1) is 0 Å². The van der Waals surface area contributed by atoms with Crippen molar-refractivity contribution in [1.82, 2.24) is 9.13 Å². The summed E-state index contributed by atoms with van der Waals surface area (Å²) in [6, 6.07) is 127. The molecule has 2 aromatic heterocycles. The van der Waals surface area contributed by atoms with Crippen molar-refractivity contribution in [1.29, 1.82) is 0 Å². The minimum Gasteiger partial charge on any atom is -0.306 e. The monoisotopic (exact) mass is 1290 g/mol. The average Bonchev–Trinajstić information content (AvgIpc) is 1.60. The maximum atomic E-state index is 2.50. The molecule has 0 saturated carbocycles. The molecule has 8 nitrogen and oxygen atoms in total. The van der Waals surface area contributed by atoms with Crippen LogP contribution in [0.4, 0.5) is 102 Å².